The number of hydrogen-bond donors (Lipinski definition) is 3. The monoisotopic (exact) mass is 439 g/mol. The number of rotatable bonds is 24. The standard InChI is InChI=1S/C21H47N2O5P/c1-27-29(25,26)28-21-14-12-17-23-19-15-18-22-16-11-9-7-5-3-2-4-6-8-10-13-20-24/h22-24H,2-21H2,1H3,(H,25,26)/p+1. The first-order valence-corrected chi connectivity index (χ1v) is 13.3. The van der Waals surface area contributed by atoms with Crippen LogP contribution < -0.4 is 15.5 Å². The normalized spacial score (nSPS) is 13.6. The number of phosphoric ester groups is 1. The van der Waals surface area contributed by atoms with Crippen molar-refractivity contribution in [1.29, 1.82) is 0 Å². The van der Waals surface area contributed by atoms with E-state index in [0.29, 0.717) is 6.61 Å². The molecule has 0 aromatic rings. The lowest BCUT2D eigenvalue weighted by Gasteiger charge is -2.19. The molecule has 1 unspecified atom stereocenters. The van der Waals surface area contributed by atoms with Crippen LogP contribution in [0.4, 0.5) is 0 Å². The van der Waals surface area contributed by atoms with Gasteiger partial charge in [0.2, 0.25) is 0 Å². The second-order valence-corrected chi connectivity index (χ2v) is 9.39. The van der Waals surface area contributed by atoms with Gasteiger partial charge in [-0.2, -0.15) is 0 Å². The van der Waals surface area contributed by atoms with E-state index in [1.165, 1.54) is 83.7 Å². The fraction of sp³-hybridized carbons (Fsp3) is 1.00. The van der Waals surface area contributed by atoms with E-state index in [1.54, 1.807) is 0 Å². The highest BCUT2D eigenvalue weighted by Crippen LogP contribution is 2.36. The molecule has 5 N–H and O–H groups in total. The number of unbranched alkanes of at least 4 members (excludes halogenated alkanes) is 11. The molecule has 0 aliphatic rings. The highest BCUT2D eigenvalue weighted by Gasteiger charge is 2.05. The largest absolute Gasteiger partial charge is 0.756 e. The summed E-state index contributed by atoms with van der Waals surface area (Å²) in [6.07, 6.45) is 17.3. The molecule has 0 saturated heterocycles. The molecule has 29 heavy (non-hydrogen) atoms. The molecule has 0 radical (unpaired) electrons. The van der Waals surface area contributed by atoms with Crippen molar-refractivity contribution in [2.24, 2.45) is 0 Å². The summed E-state index contributed by atoms with van der Waals surface area (Å²) in [5.41, 5.74) is 0. The highest BCUT2D eigenvalue weighted by atomic mass is 31.2. The molecule has 0 amide bonds. The number of quaternary nitrogens is 2. The quantitative estimate of drug-likeness (QED) is 0.157. The zero-order valence-electron chi connectivity index (χ0n) is 18.8. The van der Waals surface area contributed by atoms with Gasteiger partial charge in [-0.15, -0.1) is 0 Å². The van der Waals surface area contributed by atoms with Crippen molar-refractivity contribution in [1.82, 2.24) is 0 Å². The summed E-state index contributed by atoms with van der Waals surface area (Å²) in [4.78, 5) is 11.0. The van der Waals surface area contributed by atoms with Crippen molar-refractivity contribution in [2.75, 3.05) is 46.5 Å². The maximum Gasteiger partial charge on any atom is 0.267 e. The Morgan fingerprint density at radius 3 is 1.59 bits per heavy atom. The summed E-state index contributed by atoms with van der Waals surface area (Å²) < 4.78 is 19.9. The third-order valence-electron chi connectivity index (χ3n) is 5.16. The molecular weight excluding hydrogens is 391 g/mol. The minimum Gasteiger partial charge on any atom is -0.756 e. The van der Waals surface area contributed by atoms with Crippen molar-refractivity contribution in [2.45, 2.75) is 89.9 Å². The van der Waals surface area contributed by atoms with Crippen molar-refractivity contribution in [3.63, 3.8) is 0 Å². The van der Waals surface area contributed by atoms with Gasteiger partial charge < -0.3 is 29.7 Å². The topological polar surface area (TPSA) is 112 Å². The van der Waals surface area contributed by atoms with Gasteiger partial charge in [0, 0.05) is 20.1 Å². The van der Waals surface area contributed by atoms with Crippen LogP contribution in [0.2, 0.25) is 0 Å². The predicted molar refractivity (Wildman–Crippen MR) is 116 cm³/mol. The van der Waals surface area contributed by atoms with Gasteiger partial charge in [0.05, 0.1) is 32.8 Å². The molecule has 8 heteroatoms. The fourth-order valence-electron chi connectivity index (χ4n) is 3.31. The zero-order valence-corrected chi connectivity index (χ0v) is 19.7. The predicted octanol–water partition coefficient (Wildman–Crippen LogP) is 1.70. The second-order valence-electron chi connectivity index (χ2n) is 7.87. The van der Waals surface area contributed by atoms with E-state index < -0.39 is 7.82 Å². The third kappa shape index (κ3) is 24.1. The van der Waals surface area contributed by atoms with Crippen LogP contribution in [-0.4, -0.2) is 51.6 Å². The number of nitrogens with two attached hydrogens (primary N) is 2. The van der Waals surface area contributed by atoms with Crippen LogP contribution >= 0.6 is 7.82 Å². The van der Waals surface area contributed by atoms with Gasteiger partial charge in [-0.1, -0.05) is 51.4 Å². The van der Waals surface area contributed by atoms with Crippen LogP contribution in [-0.2, 0) is 13.6 Å². The van der Waals surface area contributed by atoms with E-state index in [9.17, 15) is 9.46 Å². The molecule has 0 spiro atoms. The van der Waals surface area contributed by atoms with Crippen molar-refractivity contribution >= 4 is 7.82 Å². The molecule has 0 fully saturated rings. The van der Waals surface area contributed by atoms with Crippen LogP contribution in [0.15, 0.2) is 0 Å². The first-order valence-electron chi connectivity index (χ1n) is 11.9. The van der Waals surface area contributed by atoms with Gasteiger partial charge in [0.1, 0.15) is 0 Å². The number of aliphatic hydroxyl groups excluding tert-OH is 1. The first kappa shape index (κ1) is 29.0. The molecule has 176 valence electrons. The molecule has 0 aromatic heterocycles. The van der Waals surface area contributed by atoms with E-state index in [1.807, 2.05) is 0 Å². The van der Waals surface area contributed by atoms with Gasteiger partial charge in [0.15, 0.2) is 0 Å². The number of phosphoric acid groups is 1. The SMILES string of the molecule is COP(=O)([O-])OCCCC[NH2+]CCC[NH2+]CCCCCCCCCCCCCO. The lowest BCUT2D eigenvalue weighted by Crippen LogP contribution is -2.88. The average Bonchev–Trinajstić information content (AvgIpc) is 2.71. The Bertz CT molecular complexity index is 375. The Morgan fingerprint density at radius 2 is 1.10 bits per heavy atom. The third-order valence-corrected chi connectivity index (χ3v) is 6.10. The summed E-state index contributed by atoms with van der Waals surface area (Å²) >= 11 is 0. The smallest absolute Gasteiger partial charge is 0.267 e. The lowest BCUT2D eigenvalue weighted by atomic mass is 10.1. The van der Waals surface area contributed by atoms with E-state index in [-0.39, 0.29) is 6.61 Å². The van der Waals surface area contributed by atoms with Gasteiger partial charge in [0.25, 0.3) is 7.82 Å². The molecule has 7 nitrogen and oxygen atoms in total. The molecule has 0 rings (SSSR count). The summed E-state index contributed by atoms with van der Waals surface area (Å²) in [6, 6.07) is 0. The second kappa shape index (κ2) is 22.7. The Balaban J connectivity index is 3.06. The van der Waals surface area contributed by atoms with E-state index in [0.717, 1.165) is 39.5 Å². The van der Waals surface area contributed by atoms with E-state index in [4.69, 9.17) is 5.11 Å². The van der Waals surface area contributed by atoms with Gasteiger partial charge in [-0.3, -0.25) is 4.57 Å². The summed E-state index contributed by atoms with van der Waals surface area (Å²) in [6.45, 7) is 5.15. The Morgan fingerprint density at radius 1 is 0.690 bits per heavy atom. The Labute approximate surface area is 179 Å². The first-order chi connectivity index (χ1) is 14.1. The Kier molecular flexibility index (Phi) is 22.7. The molecule has 0 aliphatic carbocycles. The molecule has 1 atom stereocenters. The van der Waals surface area contributed by atoms with Crippen LogP contribution in [0.25, 0.3) is 0 Å². The number of hydrogen-bond acceptors (Lipinski definition) is 5. The minimum atomic E-state index is -4.04. The lowest BCUT2D eigenvalue weighted by molar-refractivity contribution is -0.680. The van der Waals surface area contributed by atoms with E-state index >= 15 is 0 Å². The van der Waals surface area contributed by atoms with Crippen LogP contribution in [0, 0.1) is 0 Å². The molecule has 0 heterocycles. The summed E-state index contributed by atoms with van der Waals surface area (Å²) in [5.74, 6) is 0. The van der Waals surface area contributed by atoms with Crippen molar-refractivity contribution in [3.8, 4) is 0 Å². The van der Waals surface area contributed by atoms with Crippen molar-refractivity contribution in [3.05, 3.63) is 0 Å². The molecule has 0 bridgehead atoms. The van der Waals surface area contributed by atoms with E-state index in [2.05, 4.69) is 19.7 Å². The summed E-state index contributed by atoms with van der Waals surface area (Å²) in [7, 11) is -2.92. The Hall–Kier alpha value is -0.0100. The maximum atomic E-state index is 11.0. The van der Waals surface area contributed by atoms with Gasteiger partial charge in [-0.25, -0.2) is 0 Å². The zero-order chi connectivity index (χ0) is 21.5. The fourth-order valence-corrected chi connectivity index (χ4v) is 3.76. The van der Waals surface area contributed by atoms with Crippen LogP contribution in [0.1, 0.15) is 89.9 Å². The van der Waals surface area contributed by atoms with Crippen LogP contribution in [0.5, 0.6) is 0 Å². The average molecular weight is 440 g/mol. The minimum absolute atomic E-state index is 0.210. The van der Waals surface area contributed by atoms with Crippen molar-refractivity contribution < 1.29 is 34.2 Å². The molecule has 0 aromatic carbocycles. The van der Waals surface area contributed by atoms with Crippen LogP contribution in [0.3, 0.4) is 0 Å². The molecular formula is C21H48N2O5P+. The number of aliphatic hydroxyl groups is 1. The molecule has 0 aliphatic heterocycles. The van der Waals surface area contributed by atoms with Gasteiger partial charge in [-0.05, 0) is 32.1 Å². The highest BCUT2D eigenvalue weighted by molar-refractivity contribution is 7.45. The molecule has 0 saturated carbocycles. The van der Waals surface area contributed by atoms with Gasteiger partial charge >= 0.3 is 0 Å². The summed E-state index contributed by atoms with van der Waals surface area (Å²) in [5, 5.41) is 13.5. The maximum absolute atomic E-state index is 11.0.